The van der Waals surface area contributed by atoms with Gasteiger partial charge in [-0.2, -0.15) is 0 Å². The number of ether oxygens (including phenoxy) is 1. The second-order valence-electron chi connectivity index (χ2n) is 5.06. The Morgan fingerprint density at radius 3 is 2.95 bits per heavy atom. The van der Waals surface area contributed by atoms with E-state index in [0.29, 0.717) is 12.2 Å². The zero-order valence-corrected chi connectivity index (χ0v) is 13.3. The maximum atomic E-state index is 11.8. The van der Waals surface area contributed by atoms with Gasteiger partial charge in [0.2, 0.25) is 0 Å². The molecule has 0 aromatic heterocycles. The lowest BCUT2D eigenvalue weighted by atomic mass is 10.0. The van der Waals surface area contributed by atoms with Gasteiger partial charge in [-0.05, 0) is 43.5 Å². The molecule has 120 valence electrons. The molecule has 0 saturated heterocycles. The third-order valence-corrected chi connectivity index (χ3v) is 3.80. The molecular formula is C15H21ClN4O2. The van der Waals surface area contributed by atoms with Gasteiger partial charge in [-0.15, -0.1) is 0 Å². The number of hydrogen-bond donors (Lipinski definition) is 3. The summed E-state index contributed by atoms with van der Waals surface area (Å²) in [5, 5.41) is 0.722. The van der Waals surface area contributed by atoms with Crippen LogP contribution >= 0.6 is 11.6 Å². The number of hydrogen-bond acceptors (Lipinski definition) is 6. The van der Waals surface area contributed by atoms with Crippen LogP contribution in [-0.2, 0) is 16.0 Å². The first-order valence-corrected chi connectivity index (χ1v) is 7.60. The van der Waals surface area contributed by atoms with Crippen molar-refractivity contribution in [3.8, 4) is 0 Å². The van der Waals surface area contributed by atoms with E-state index in [2.05, 4.69) is 10.3 Å². The van der Waals surface area contributed by atoms with Crippen LogP contribution in [0.15, 0.2) is 29.6 Å². The fourth-order valence-electron chi connectivity index (χ4n) is 2.58. The molecule has 1 aromatic carbocycles. The summed E-state index contributed by atoms with van der Waals surface area (Å²) in [6.07, 6.45) is 1.99. The van der Waals surface area contributed by atoms with Crippen LogP contribution in [0.25, 0.3) is 0 Å². The van der Waals surface area contributed by atoms with E-state index in [1.807, 2.05) is 18.2 Å². The van der Waals surface area contributed by atoms with Crippen molar-refractivity contribution in [3.63, 3.8) is 0 Å². The number of nitrogens with one attached hydrogen (secondary N) is 1. The van der Waals surface area contributed by atoms with E-state index in [9.17, 15) is 4.79 Å². The molecule has 0 saturated carbocycles. The highest BCUT2D eigenvalue weighted by atomic mass is 35.5. The number of carbonyl (C=O) groups excluding carboxylic acids is 1. The highest BCUT2D eigenvalue weighted by Gasteiger charge is 2.20. The zero-order valence-electron chi connectivity index (χ0n) is 12.6. The number of carbonyl (C=O) groups is 1. The van der Waals surface area contributed by atoms with Crippen molar-refractivity contribution < 1.29 is 9.53 Å². The molecule has 1 aromatic rings. The van der Waals surface area contributed by atoms with Crippen molar-refractivity contribution in [2.24, 2.45) is 11.6 Å². The lowest BCUT2D eigenvalue weighted by Crippen LogP contribution is -2.38. The number of anilines is 1. The van der Waals surface area contributed by atoms with E-state index in [1.54, 1.807) is 6.92 Å². The van der Waals surface area contributed by atoms with Crippen molar-refractivity contribution in [1.82, 2.24) is 5.43 Å². The third kappa shape index (κ3) is 3.64. The van der Waals surface area contributed by atoms with Crippen LogP contribution < -0.4 is 21.9 Å². The van der Waals surface area contributed by atoms with E-state index in [0.717, 1.165) is 30.1 Å². The number of esters is 1. The summed E-state index contributed by atoms with van der Waals surface area (Å²) in [5.74, 6) is 4.85. The van der Waals surface area contributed by atoms with E-state index >= 15 is 0 Å². The van der Waals surface area contributed by atoms with Crippen LogP contribution in [-0.4, -0.2) is 25.7 Å². The molecular weight excluding hydrogens is 304 g/mol. The molecule has 1 aliphatic heterocycles. The summed E-state index contributed by atoms with van der Waals surface area (Å²) in [4.78, 5) is 13.9. The van der Waals surface area contributed by atoms with Gasteiger partial charge in [-0.3, -0.25) is 5.84 Å². The molecule has 5 N–H and O–H groups in total. The second-order valence-corrected chi connectivity index (χ2v) is 5.50. The van der Waals surface area contributed by atoms with Gasteiger partial charge >= 0.3 is 5.97 Å². The summed E-state index contributed by atoms with van der Waals surface area (Å²) in [6, 6.07) is 5.80. The van der Waals surface area contributed by atoms with Gasteiger partial charge in [0.25, 0.3) is 0 Å². The molecule has 1 aliphatic rings. The Morgan fingerprint density at radius 2 is 2.27 bits per heavy atom. The summed E-state index contributed by atoms with van der Waals surface area (Å²) < 4.78 is 4.94. The SMILES string of the molecule is CCOC(=O)/C(NN)=C(/N)CN1CCCc2cc(Cl)ccc21. The number of nitrogens with zero attached hydrogens (tertiary/aromatic N) is 1. The first kappa shape index (κ1) is 16.5. The van der Waals surface area contributed by atoms with Crippen LogP contribution in [0.4, 0.5) is 5.69 Å². The summed E-state index contributed by atoms with van der Waals surface area (Å²) >= 11 is 6.04. The van der Waals surface area contributed by atoms with Crippen molar-refractivity contribution >= 4 is 23.3 Å². The average Bonchev–Trinajstić information content (AvgIpc) is 2.48. The smallest absolute Gasteiger partial charge is 0.357 e. The van der Waals surface area contributed by atoms with Crippen LogP contribution in [0.3, 0.4) is 0 Å². The van der Waals surface area contributed by atoms with E-state index in [-0.39, 0.29) is 12.3 Å². The molecule has 0 aliphatic carbocycles. The summed E-state index contributed by atoms with van der Waals surface area (Å²) in [6.45, 7) is 3.25. The van der Waals surface area contributed by atoms with E-state index in [4.69, 9.17) is 27.9 Å². The largest absolute Gasteiger partial charge is 0.461 e. The maximum absolute atomic E-state index is 11.8. The monoisotopic (exact) mass is 324 g/mol. The van der Waals surface area contributed by atoms with Gasteiger partial charge in [-0.25, -0.2) is 4.79 Å². The van der Waals surface area contributed by atoms with Gasteiger partial charge in [0.05, 0.1) is 18.8 Å². The first-order valence-electron chi connectivity index (χ1n) is 7.22. The summed E-state index contributed by atoms with van der Waals surface area (Å²) in [7, 11) is 0. The Morgan fingerprint density at radius 1 is 1.50 bits per heavy atom. The standard InChI is InChI=1S/C15H21ClN4O2/c1-2-22-15(21)14(19-18)12(17)9-20-7-3-4-10-8-11(16)5-6-13(10)20/h5-6,8,19H,2-4,7,9,17-18H2,1H3/b14-12-. The molecule has 0 radical (unpaired) electrons. The number of aryl methyl sites for hydroxylation is 1. The maximum Gasteiger partial charge on any atom is 0.357 e. The Hall–Kier alpha value is -1.92. The van der Waals surface area contributed by atoms with Crippen molar-refractivity contribution in [1.29, 1.82) is 0 Å². The molecule has 0 amide bonds. The molecule has 0 spiro atoms. The molecule has 6 nitrogen and oxygen atoms in total. The minimum absolute atomic E-state index is 0.0999. The number of rotatable bonds is 5. The highest BCUT2D eigenvalue weighted by Crippen LogP contribution is 2.29. The number of benzene rings is 1. The molecule has 0 unspecified atom stereocenters. The van der Waals surface area contributed by atoms with Gasteiger partial charge in [-0.1, -0.05) is 11.6 Å². The average molecular weight is 325 g/mol. The topological polar surface area (TPSA) is 93.6 Å². The van der Waals surface area contributed by atoms with Gasteiger partial charge < -0.3 is 20.8 Å². The van der Waals surface area contributed by atoms with Crippen molar-refractivity contribution in [3.05, 3.63) is 40.2 Å². The minimum atomic E-state index is -0.546. The number of fused-ring (bicyclic) bond motifs is 1. The summed E-state index contributed by atoms with van der Waals surface area (Å²) in [5.41, 5.74) is 11.1. The molecule has 0 bridgehead atoms. The lowest BCUT2D eigenvalue weighted by Gasteiger charge is -2.31. The van der Waals surface area contributed by atoms with Gasteiger partial charge in [0.15, 0.2) is 5.70 Å². The lowest BCUT2D eigenvalue weighted by molar-refractivity contribution is -0.139. The van der Waals surface area contributed by atoms with Crippen LogP contribution in [0, 0.1) is 0 Å². The molecule has 1 heterocycles. The molecule has 2 rings (SSSR count). The third-order valence-electron chi connectivity index (χ3n) is 3.56. The number of hydrazine groups is 1. The Labute approximate surface area is 135 Å². The molecule has 22 heavy (non-hydrogen) atoms. The fraction of sp³-hybridized carbons (Fsp3) is 0.400. The normalized spacial score (nSPS) is 15.0. The Bertz CT molecular complexity index is 589. The van der Waals surface area contributed by atoms with Gasteiger partial charge in [0.1, 0.15) is 0 Å². The number of nitrogens with two attached hydrogens (primary N) is 2. The molecule has 7 heteroatoms. The predicted molar refractivity (Wildman–Crippen MR) is 87.2 cm³/mol. The van der Waals surface area contributed by atoms with Crippen molar-refractivity contribution in [2.75, 3.05) is 24.6 Å². The fourth-order valence-corrected chi connectivity index (χ4v) is 2.77. The Kier molecular flexibility index (Phi) is 5.51. The van der Waals surface area contributed by atoms with Crippen LogP contribution in [0.2, 0.25) is 5.02 Å². The van der Waals surface area contributed by atoms with Crippen LogP contribution in [0.1, 0.15) is 18.9 Å². The van der Waals surface area contributed by atoms with Crippen molar-refractivity contribution in [2.45, 2.75) is 19.8 Å². The quantitative estimate of drug-likeness (QED) is 0.327. The van der Waals surface area contributed by atoms with Crippen LogP contribution in [0.5, 0.6) is 0 Å². The van der Waals surface area contributed by atoms with E-state index < -0.39 is 5.97 Å². The molecule has 0 fully saturated rings. The minimum Gasteiger partial charge on any atom is -0.461 e. The predicted octanol–water partition coefficient (Wildman–Crippen LogP) is 1.29. The highest BCUT2D eigenvalue weighted by molar-refractivity contribution is 6.30. The van der Waals surface area contributed by atoms with Gasteiger partial charge in [0, 0.05) is 17.3 Å². The molecule has 0 atom stereocenters. The Balaban J connectivity index is 2.22. The first-order chi connectivity index (χ1) is 10.6. The van der Waals surface area contributed by atoms with E-state index in [1.165, 1.54) is 5.56 Å². The number of halogens is 1. The zero-order chi connectivity index (χ0) is 16.1. The second kappa shape index (κ2) is 7.38.